The minimum Gasteiger partial charge on any atom is -0.497 e. The molecular weight excluding hydrogens is 649 g/mol. The number of hydrogen-bond donors (Lipinski definition) is 0. The molecule has 3 aromatic carbocycles. The Kier molecular flexibility index (Phi) is 9.39. The highest BCUT2D eigenvalue weighted by Gasteiger charge is 2.64. The van der Waals surface area contributed by atoms with Crippen molar-refractivity contribution in [3.63, 3.8) is 0 Å². The minimum atomic E-state index is -4.80. The van der Waals surface area contributed by atoms with E-state index in [0.717, 1.165) is 0 Å². The van der Waals surface area contributed by atoms with Gasteiger partial charge in [-0.3, -0.25) is 14.5 Å². The van der Waals surface area contributed by atoms with E-state index in [4.69, 9.17) is 28.4 Å². The highest BCUT2D eigenvalue weighted by molar-refractivity contribution is 7.93. The first-order valence-electron chi connectivity index (χ1n) is 14.8. The topological polar surface area (TPSA) is 133 Å². The monoisotopic (exact) mass is 687 g/mol. The Bertz CT molecular complexity index is 1850. The summed E-state index contributed by atoms with van der Waals surface area (Å²) in [5.41, 5.74) is -2.01. The second-order valence-corrected chi connectivity index (χ2v) is 13.1. The van der Waals surface area contributed by atoms with Crippen molar-refractivity contribution >= 4 is 27.5 Å². The predicted molar refractivity (Wildman–Crippen MR) is 173 cm³/mol. The fourth-order valence-corrected chi connectivity index (χ4v) is 8.09. The second kappa shape index (κ2) is 13.0. The van der Waals surface area contributed by atoms with E-state index in [9.17, 15) is 13.2 Å². The van der Waals surface area contributed by atoms with E-state index in [2.05, 4.69) is 0 Å². The Balaban J connectivity index is 1.94. The van der Waals surface area contributed by atoms with E-state index in [1.54, 1.807) is 12.1 Å². The number of sulfonamides is 1. The zero-order valence-electron chi connectivity index (χ0n) is 27.9. The first-order valence-corrected chi connectivity index (χ1v) is 16.2. The van der Waals surface area contributed by atoms with Crippen LogP contribution < -0.4 is 32.7 Å². The standard InChI is InChI=1S/C33H38FN3O10S/c1-35(2)31(38)25-13-19(34)18-36(25)33(22-11-9-20(42-3)14-26(22)44-5)23-16-27(45-6)28(46-7)17-24(23)37(32(33)39)48(40,41)30-12-10-21(43-4)15-29(30)47-8/h9-12,14-17,19,25H,13,18H2,1-8H3/t19-,25+,33?/m1/s1. The van der Waals surface area contributed by atoms with E-state index in [0.29, 0.717) is 15.8 Å². The van der Waals surface area contributed by atoms with Gasteiger partial charge in [0.05, 0.1) is 54.4 Å². The summed E-state index contributed by atoms with van der Waals surface area (Å²) in [7, 11) is 6.54. The van der Waals surface area contributed by atoms with Crippen LogP contribution in [0.1, 0.15) is 17.5 Å². The summed E-state index contributed by atoms with van der Waals surface area (Å²) in [6, 6.07) is 10.4. The molecule has 1 unspecified atom stereocenters. The quantitative estimate of drug-likeness (QED) is 0.294. The van der Waals surface area contributed by atoms with Crippen molar-refractivity contribution in [3.8, 4) is 34.5 Å². The third-order valence-electron chi connectivity index (χ3n) is 8.70. The molecule has 0 bridgehead atoms. The molecule has 0 radical (unpaired) electrons. The molecule has 0 spiro atoms. The van der Waals surface area contributed by atoms with E-state index >= 15 is 9.18 Å². The molecule has 2 aliphatic heterocycles. The molecule has 1 saturated heterocycles. The largest absolute Gasteiger partial charge is 0.497 e. The van der Waals surface area contributed by atoms with Gasteiger partial charge in [-0.2, -0.15) is 4.31 Å². The van der Waals surface area contributed by atoms with Crippen LogP contribution in [0.2, 0.25) is 0 Å². The van der Waals surface area contributed by atoms with Crippen molar-refractivity contribution in [2.75, 3.05) is 67.6 Å². The number of rotatable bonds is 11. The number of nitrogens with zero attached hydrogens (tertiary/aromatic N) is 3. The molecule has 1 fully saturated rings. The molecule has 0 aromatic heterocycles. The molecule has 3 atom stereocenters. The lowest BCUT2D eigenvalue weighted by Gasteiger charge is -2.42. The Morgan fingerprint density at radius 1 is 0.792 bits per heavy atom. The fourth-order valence-electron chi connectivity index (χ4n) is 6.50. The molecule has 258 valence electrons. The van der Waals surface area contributed by atoms with Crippen LogP contribution in [0.25, 0.3) is 0 Å². The molecule has 0 saturated carbocycles. The average molecular weight is 688 g/mol. The summed E-state index contributed by atoms with van der Waals surface area (Å²) >= 11 is 0. The number of likely N-dealkylation sites (tertiary alicyclic amines) is 1. The van der Waals surface area contributed by atoms with Gasteiger partial charge in [-0.05, 0) is 30.3 Å². The fraction of sp³-hybridized carbons (Fsp3) is 0.394. The summed E-state index contributed by atoms with van der Waals surface area (Å²) in [5.74, 6) is -0.476. The predicted octanol–water partition coefficient (Wildman–Crippen LogP) is 3.22. The smallest absolute Gasteiger partial charge is 0.274 e. The van der Waals surface area contributed by atoms with Gasteiger partial charge in [0.15, 0.2) is 17.0 Å². The maximum absolute atomic E-state index is 15.6. The minimum absolute atomic E-state index is 0.0886. The van der Waals surface area contributed by atoms with Crippen molar-refractivity contribution in [1.82, 2.24) is 9.80 Å². The van der Waals surface area contributed by atoms with Crippen LogP contribution in [0.3, 0.4) is 0 Å². The van der Waals surface area contributed by atoms with Gasteiger partial charge in [-0.15, -0.1) is 0 Å². The summed E-state index contributed by atoms with van der Waals surface area (Å²) in [6.07, 6.45) is -1.78. The molecule has 2 aliphatic rings. The van der Waals surface area contributed by atoms with Gasteiger partial charge in [0.25, 0.3) is 15.9 Å². The van der Waals surface area contributed by atoms with Gasteiger partial charge in [-0.1, -0.05) is 0 Å². The Hall–Kier alpha value is -4.76. The molecule has 15 heteroatoms. The van der Waals surface area contributed by atoms with Gasteiger partial charge in [-0.25, -0.2) is 12.8 Å². The Morgan fingerprint density at radius 3 is 1.92 bits per heavy atom. The van der Waals surface area contributed by atoms with Crippen molar-refractivity contribution in [2.24, 2.45) is 0 Å². The van der Waals surface area contributed by atoms with E-state index in [1.165, 1.54) is 103 Å². The maximum Gasteiger partial charge on any atom is 0.274 e. The van der Waals surface area contributed by atoms with E-state index < -0.39 is 46.1 Å². The number of ether oxygens (including phenoxy) is 6. The molecule has 0 N–H and O–H groups in total. The van der Waals surface area contributed by atoms with Crippen LogP contribution in [0.5, 0.6) is 34.5 Å². The van der Waals surface area contributed by atoms with Crippen molar-refractivity contribution < 1.29 is 50.8 Å². The number of hydrogen-bond acceptors (Lipinski definition) is 11. The number of carbonyl (C=O) groups is 2. The third-order valence-corrected chi connectivity index (χ3v) is 10.4. The van der Waals surface area contributed by atoms with Crippen LogP contribution in [-0.2, 0) is 25.2 Å². The SMILES string of the molecule is COc1ccc(C2(N3C[C@H](F)C[C@H]3C(=O)N(C)C)C(=O)N(S(=O)(=O)c3ccc(OC)cc3OC)c3cc(OC)c(OC)cc32)c(OC)c1. The first kappa shape index (κ1) is 34.6. The second-order valence-electron chi connectivity index (χ2n) is 11.3. The number of halogens is 1. The van der Waals surface area contributed by atoms with Crippen LogP contribution in [0.4, 0.5) is 10.1 Å². The molecule has 48 heavy (non-hydrogen) atoms. The highest BCUT2D eigenvalue weighted by Crippen LogP contribution is 2.57. The number of likely N-dealkylation sites (N-methyl/N-ethyl adjacent to an activating group) is 1. The van der Waals surface area contributed by atoms with Crippen LogP contribution >= 0.6 is 0 Å². The average Bonchev–Trinajstić information content (AvgIpc) is 3.60. The lowest BCUT2D eigenvalue weighted by molar-refractivity contribution is -0.138. The molecule has 13 nitrogen and oxygen atoms in total. The van der Waals surface area contributed by atoms with Gasteiger partial charge in [0.1, 0.15) is 34.1 Å². The molecule has 0 aliphatic carbocycles. The van der Waals surface area contributed by atoms with Crippen molar-refractivity contribution in [3.05, 3.63) is 59.7 Å². The molecule has 2 heterocycles. The van der Waals surface area contributed by atoms with E-state index in [1.807, 2.05) is 0 Å². The Morgan fingerprint density at radius 2 is 1.35 bits per heavy atom. The molecule has 3 aromatic rings. The normalized spacial score (nSPS) is 20.7. The zero-order chi connectivity index (χ0) is 35.1. The number of amides is 2. The van der Waals surface area contributed by atoms with Crippen LogP contribution in [0.15, 0.2) is 53.4 Å². The molecule has 2 amide bonds. The first-order chi connectivity index (χ1) is 22.8. The lowest BCUT2D eigenvalue weighted by atomic mass is 9.80. The van der Waals surface area contributed by atoms with Gasteiger partial charge in [0.2, 0.25) is 5.91 Å². The van der Waals surface area contributed by atoms with Gasteiger partial charge < -0.3 is 33.3 Å². The zero-order valence-corrected chi connectivity index (χ0v) is 28.7. The lowest BCUT2D eigenvalue weighted by Crippen LogP contribution is -2.59. The summed E-state index contributed by atoms with van der Waals surface area (Å²) in [4.78, 5) is 31.6. The summed E-state index contributed by atoms with van der Waals surface area (Å²) in [5, 5.41) is 0. The molecular formula is C33H38FN3O10S. The van der Waals surface area contributed by atoms with Gasteiger partial charge in [0, 0.05) is 56.4 Å². The third kappa shape index (κ3) is 5.21. The van der Waals surface area contributed by atoms with Gasteiger partial charge >= 0.3 is 0 Å². The maximum atomic E-state index is 15.6. The van der Waals surface area contributed by atoms with E-state index in [-0.39, 0.29) is 51.1 Å². The number of methoxy groups -OCH3 is 6. The van der Waals surface area contributed by atoms with Crippen molar-refractivity contribution in [1.29, 1.82) is 0 Å². The number of carbonyl (C=O) groups excluding carboxylic acids is 2. The molecule has 5 rings (SSSR count). The van der Waals surface area contributed by atoms with Crippen LogP contribution in [0, 0.1) is 0 Å². The summed E-state index contributed by atoms with van der Waals surface area (Å²) < 4.78 is 79.0. The Labute approximate surface area is 278 Å². The number of alkyl halides is 1. The number of anilines is 1. The highest BCUT2D eigenvalue weighted by atomic mass is 32.2. The van der Waals surface area contributed by atoms with Crippen molar-refractivity contribution in [2.45, 2.75) is 29.1 Å². The van der Waals surface area contributed by atoms with Crippen LogP contribution in [-0.4, -0.2) is 106 Å². The number of fused-ring (bicyclic) bond motifs is 1. The number of benzene rings is 3. The summed E-state index contributed by atoms with van der Waals surface area (Å²) in [6.45, 7) is -0.390.